The van der Waals surface area contributed by atoms with Crippen LogP contribution in [0.2, 0.25) is 0 Å². The summed E-state index contributed by atoms with van der Waals surface area (Å²) in [6.07, 6.45) is 1.69. The van der Waals surface area contributed by atoms with Crippen LogP contribution in [0.4, 0.5) is 5.69 Å². The summed E-state index contributed by atoms with van der Waals surface area (Å²) in [5.41, 5.74) is 2.55. The molecule has 3 aromatic rings. The van der Waals surface area contributed by atoms with E-state index in [-0.39, 0.29) is 11.2 Å². The Balaban J connectivity index is 1.72. The van der Waals surface area contributed by atoms with E-state index in [0.717, 1.165) is 16.4 Å². The van der Waals surface area contributed by atoms with Gasteiger partial charge in [0, 0.05) is 23.5 Å². The van der Waals surface area contributed by atoms with Crippen molar-refractivity contribution in [2.45, 2.75) is 17.3 Å². The second-order valence-electron chi connectivity index (χ2n) is 5.43. The van der Waals surface area contributed by atoms with Crippen molar-refractivity contribution in [3.63, 3.8) is 0 Å². The summed E-state index contributed by atoms with van der Waals surface area (Å²) < 4.78 is 1.89. The summed E-state index contributed by atoms with van der Waals surface area (Å²) in [6, 6.07) is 17.1. The molecule has 0 spiro atoms. The van der Waals surface area contributed by atoms with Crippen LogP contribution in [-0.2, 0) is 7.05 Å². The average Bonchev–Trinajstić information content (AvgIpc) is 3.00. The van der Waals surface area contributed by atoms with Gasteiger partial charge in [-0.25, -0.2) is 0 Å². The molecule has 24 heavy (non-hydrogen) atoms. The van der Waals surface area contributed by atoms with E-state index >= 15 is 0 Å². The van der Waals surface area contributed by atoms with Gasteiger partial charge < -0.3 is 9.88 Å². The Hall–Kier alpha value is -2.60. The average molecular weight is 338 g/mol. The molecule has 0 radical (unpaired) electrons. The first kappa shape index (κ1) is 16.3. The minimum absolute atomic E-state index is 0.110. The van der Waals surface area contributed by atoms with Gasteiger partial charge in [0.25, 0.3) is 5.91 Å². The van der Waals surface area contributed by atoms with Crippen molar-refractivity contribution in [3.05, 3.63) is 72.1 Å². The topological polar surface area (TPSA) is 59.8 Å². The molecule has 1 atom stereocenters. The van der Waals surface area contributed by atoms with E-state index in [1.807, 2.05) is 54.1 Å². The van der Waals surface area contributed by atoms with Gasteiger partial charge in [0.15, 0.2) is 5.16 Å². The molecule has 2 aromatic carbocycles. The smallest absolute Gasteiger partial charge is 0.255 e. The van der Waals surface area contributed by atoms with Crippen LogP contribution in [0.15, 0.2) is 66.1 Å². The number of carbonyl (C=O) groups excluding carboxylic acids is 1. The van der Waals surface area contributed by atoms with Crippen LogP contribution in [-0.4, -0.2) is 20.7 Å². The molecule has 0 aliphatic rings. The number of anilines is 1. The Bertz CT molecular complexity index is 832. The number of aromatic nitrogens is 3. The predicted molar refractivity (Wildman–Crippen MR) is 96.1 cm³/mol. The molecule has 0 bridgehead atoms. The summed E-state index contributed by atoms with van der Waals surface area (Å²) in [5, 5.41) is 12.0. The number of aryl methyl sites for hydroxylation is 1. The number of thioether (sulfide) groups is 1. The molecule has 5 nitrogen and oxygen atoms in total. The van der Waals surface area contributed by atoms with E-state index < -0.39 is 0 Å². The summed E-state index contributed by atoms with van der Waals surface area (Å²) in [4.78, 5) is 12.3. The minimum atomic E-state index is -0.110. The number of rotatable bonds is 5. The number of hydrogen-bond acceptors (Lipinski definition) is 4. The van der Waals surface area contributed by atoms with Gasteiger partial charge in [-0.05, 0) is 36.8 Å². The zero-order valence-corrected chi connectivity index (χ0v) is 14.3. The molecule has 1 N–H and O–H groups in total. The Morgan fingerprint density at radius 2 is 1.96 bits per heavy atom. The molecule has 1 heterocycles. The zero-order valence-electron chi connectivity index (χ0n) is 13.5. The number of nitrogens with zero attached hydrogens (tertiary/aromatic N) is 3. The molecular weight excluding hydrogens is 320 g/mol. The summed E-state index contributed by atoms with van der Waals surface area (Å²) in [5.74, 6) is -0.110. The highest BCUT2D eigenvalue weighted by atomic mass is 32.2. The van der Waals surface area contributed by atoms with Gasteiger partial charge in [-0.2, -0.15) is 0 Å². The Labute approximate surface area is 145 Å². The first-order chi connectivity index (χ1) is 11.6. The maximum Gasteiger partial charge on any atom is 0.255 e. The van der Waals surface area contributed by atoms with Gasteiger partial charge in [0.05, 0.1) is 0 Å². The first-order valence-corrected chi connectivity index (χ1v) is 8.48. The fourth-order valence-corrected chi connectivity index (χ4v) is 3.17. The van der Waals surface area contributed by atoms with Crippen LogP contribution >= 0.6 is 11.8 Å². The fourth-order valence-electron chi connectivity index (χ4n) is 2.27. The van der Waals surface area contributed by atoms with Gasteiger partial charge in [0.2, 0.25) is 0 Å². The highest BCUT2D eigenvalue weighted by molar-refractivity contribution is 7.99. The third kappa shape index (κ3) is 3.83. The van der Waals surface area contributed by atoms with Crippen LogP contribution < -0.4 is 5.32 Å². The maximum absolute atomic E-state index is 12.3. The summed E-state index contributed by atoms with van der Waals surface area (Å²) in [7, 11) is 1.92. The van der Waals surface area contributed by atoms with E-state index in [4.69, 9.17) is 0 Å². The number of hydrogen-bond donors (Lipinski definition) is 1. The lowest BCUT2D eigenvalue weighted by atomic mass is 10.1. The lowest BCUT2D eigenvalue weighted by Gasteiger charge is -2.13. The number of nitrogens with one attached hydrogen (secondary N) is 1. The van der Waals surface area contributed by atoms with Crippen molar-refractivity contribution < 1.29 is 4.79 Å². The van der Waals surface area contributed by atoms with E-state index in [0.29, 0.717) is 5.56 Å². The van der Waals surface area contributed by atoms with Crippen LogP contribution in [0.1, 0.15) is 28.1 Å². The molecule has 0 saturated heterocycles. The zero-order chi connectivity index (χ0) is 16.9. The van der Waals surface area contributed by atoms with Crippen LogP contribution in [0, 0.1) is 0 Å². The molecule has 1 amide bonds. The SMILES string of the molecule is C[C@H](Sc1nncn1C)c1cccc(NC(=O)c2ccccc2)c1. The highest BCUT2D eigenvalue weighted by Crippen LogP contribution is 2.34. The van der Waals surface area contributed by atoms with Crippen molar-refractivity contribution in [2.24, 2.45) is 7.05 Å². The van der Waals surface area contributed by atoms with Gasteiger partial charge in [-0.3, -0.25) is 4.79 Å². The van der Waals surface area contributed by atoms with Gasteiger partial charge in [0.1, 0.15) is 6.33 Å². The van der Waals surface area contributed by atoms with E-state index in [1.165, 1.54) is 0 Å². The molecule has 3 rings (SSSR count). The van der Waals surface area contributed by atoms with E-state index in [1.54, 1.807) is 30.2 Å². The summed E-state index contributed by atoms with van der Waals surface area (Å²) >= 11 is 1.63. The van der Waals surface area contributed by atoms with E-state index in [2.05, 4.69) is 22.4 Å². The fraction of sp³-hybridized carbons (Fsp3) is 0.167. The third-order valence-corrected chi connectivity index (χ3v) is 4.81. The van der Waals surface area contributed by atoms with Crippen LogP contribution in [0.3, 0.4) is 0 Å². The molecule has 0 aliphatic heterocycles. The monoisotopic (exact) mass is 338 g/mol. The molecule has 0 saturated carbocycles. The van der Waals surface area contributed by atoms with Crippen molar-refractivity contribution in [1.29, 1.82) is 0 Å². The van der Waals surface area contributed by atoms with Crippen molar-refractivity contribution in [2.75, 3.05) is 5.32 Å². The van der Waals surface area contributed by atoms with Gasteiger partial charge in [-0.15, -0.1) is 10.2 Å². The second kappa shape index (κ2) is 7.31. The van der Waals surface area contributed by atoms with Crippen molar-refractivity contribution in [1.82, 2.24) is 14.8 Å². The van der Waals surface area contributed by atoms with Crippen molar-refractivity contribution in [3.8, 4) is 0 Å². The van der Waals surface area contributed by atoms with Gasteiger partial charge >= 0.3 is 0 Å². The van der Waals surface area contributed by atoms with Gasteiger partial charge in [-0.1, -0.05) is 42.1 Å². The lowest BCUT2D eigenvalue weighted by molar-refractivity contribution is 0.102. The third-order valence-electron chi connectivity index (χ3n) is 3.60. The molecule has 6 heteroatoms. The predicted octanol–water partition coefficient (Wildman–Crippen LogP) is 3.92. The first-order valence-electron chi connectivity index (χ1n) is 7.60. The molecule has 0 aliphatic carbocycles. The quantitative estimate of drug-likeness (QED) is 0.716. The number of carbonyl (C=O) groups is 1. The number of amides is 1. The second-order valence-corrected chi connectivity index (χ2v) is 6.74. The van der Waals surface area contributed by atoms with Crippen molar-refractivity contribution >= 4 is 23.4 Å². The molecule has 122 valence electrons. The number of benzene rings is 2. The lowest BCUT2D eigenvalue weighted by Crippen LogP contribution is -2.11. The van der Waals surface area contributed by atoms with Crippen LogP contribution in [0.5, 0.6) is 0 Å². The molecule has 0 fully saturated rings. The maximum atomic E-state index is 12.3. The largest absolute Gasteiger partial charge is 0.322 e. The standard InChI is InChI=1S/C18H18N4OS/c1-13(24-18-21-19-12-22(18)2)15-9-6-10-16(11-15)20-17(23)14-7-4-3-5-8-14/h3-13H,1-2H3,(H,20,23)/t13-/m0/s1. The normalized spacial score (nSPS) is 11.9. The van der Waals surface area contributed by atoms with Crippen LogP contribution in [0.25, 0.3) is 0 Å². The molecular formula is C18H18N4OS. The highest BCUT2D eigenvalue weighted by Gasteiger charge is 2.12. The molecule has 1 aromatic heterocycles. The Morgan fingerprint density at radius 1 is 1.17 bits per heavy atom. The Morgan fingerprint density at radius 3 is 2.67 bits per heavy atom. The Kier molecular flexibility index (Phi) is 4.96. The summed E-state index contributed by atoms with van der Waals surface area (Å²) in [6.45, 7) is 2.11. The van der Waals surface area contributed by atoms with E-state index in [9.17, 15) is 4.79 Å². The molecule has 0 unspecified atom stereocenters. The minimum Gasteiger partial charge on any atom is -0.322 e.